The average Bonchev–Trinajstić information content (AvgIpc) is 3.54. The summed E-state index contributed by atoms with van der Waals surface area (Å²) in [7, 11) is 3.39. The zero-order valence-corrected chi connectivity index (χ0v) is 25.1. The molecule has 1 fully saturated rings. The Morgan fingerprint density at radius 1 is 1.00 bits per heavy atom. The maximum absolute atomic E-state index is 13.6. The summed E-state index contributed by atoms with van der Waals surface area (Å²) in [6, 6.07) is 16.9. The van der Waals surface area contributed by atoms with Crippen molar-refractivity contribution < 1.29 is 14.3 Å². The van der Waals surface area contributed by atoms with Gasteiger partial charge < -0.3 is 15.4 Å². The first-order chi connectivity index (χ1) is 20.2. The van der Waals surface area contributed by atoms with Crippen molar-refractivity contribution >= 4 is 17.5 Å². The van der Waals surface area contributed by atoms with E-state index in [4.69, 9.17) is 9.84 Å². The molecule has 0 radical (unpaired) electrons. The molecule has 5 rings (SSSR count). The first kappa shape index (κ1) is 29.1. The van der Waals surface area contributed by atoms with Gasteiger partial charge in [-0.1, -0.05) is 44.0 Å². The third-order valence-corrected chi connectivity index (χ3v) is 8.47. The Labute approximate surface area is 247 Å². The summed E-state index contributed by atoms with van der Waals surface area (Å²) in [6.07, 6.45) is 5.50. The normalized spacial score (nSPS) is 17.5. The van der Waals surface area contributed by atoms with E-state index in [-0.39, 0.29) is 17.7 Å². The minimum absolute atomic E-state index is 0.0829. The number of anilines is 1. The molecule has 2 aromatic heterocycles. The first-order valence-electron chi connectivity index (χ1n) is 14.6. The SMILES string of the molecule is COc1ccc(Cn2nc(C)c(-c3ccc(NC(=O)[C@@H](NC(=O)c4ccnn4C)C4CCC(C)CC4)cc3)c2C)cc1. The van der Waals surface area contributed by atoms with Gasteiger partial charge in [-0.15, -0.1) is 0 Å². The number of hydrogen-bond acceptors (Lipinski definition) is 5. The molecule has 4 aromatic rings. The van der Waals surface area contributed by atoms with Gasteiger partial charge >= 0.3 is 0 Å². The van der Waals surface area contributed by atoms with Gasteiger partial charge in [-0.3, -0.25) is 19.0 Å². The van der Waals surface area contributed by atoms with E-state index in [1.807, 2.05) is 60.1 Å². The standard InChI is InChI=1S/C33H40N6O3/c1-21-6-10-26(11-7-21)31(36-32(40)29-18-19-34-38(29)4)33(41)35-27-14-12-25(13-15-27)30-22(2)37-39(23(30)3)20-24-8-16-28(42-5)17-9-24/h8-9,12-19,21,26,31H,6-7,10-11,20H2,1-5H3,(H,35,41)(H,36,40)/t21?,26?,31-/m0/s1. The van der Waals surface area contributed by atoms with Crippen molar-refractivity contribution in [2.45, 2.75) is 59.0 Å². The monoisotopic (exact) mass is 568 g/mol. The van der Waals surface area contributed by atoms with Crippen LogP contribution >= 0.6 is 0 Å². The number of amides is 2. The maximum atomic E-state index is 13.6. The van der Waals surface area contributed by atoms with Gasteiger partial charge in [-0.2, -0.15) is 10.2 Å². The molecule has 0 aliphatic heterocycles. The predicted octanol–water partition coefficient (Wildman–Crippen LogP) is 5.52. The van der Waals surface area contributed by atoms with E-state index in [1.54, 1.807) is 26.4 Å². The van der Waals surface area contributed by atoms with Crippen LogP contribution in [0.1, 0.15) is 60.0 Å². The molecule has 9 nitrogen and oxygen atoms in total. The number of ether oxygens (including phenoxy) is 1. The maximum Gasteiger partial charge on any atom is 0.270 e. The molecule has 42 heavy (non-hydrogen) atoms. The summed E-state index contributed by atoms with van der Waals surface area (Å²) < 4.78 is 8.81. The third-order valence-electron chi connectivity index (χ3n) is 8.47. The highest BCUT2D eigenvalue weighted by Gasteiger charge is 2.33. The van der Waals surface area contributed by atoms with Crippen LogP contribution in [0.15, 0.2) is 60.8 Å². The van der Waals surface area contributed by atoms with Crippen molar-refractivity contribution in [1.82, 2.24) is 24.9 Å². The van der Waals surface area contributed by atoms with Gasteiger partial charge in [-0.25, -0.2) is 0 Å². The summed E-state index contributed by atoms with van der Waals surface area (Å²) in [5.41, 5.74) is 6.40. The van der Waals surface area contributed by atoms with E-state index in [9.17, 15) is 9.59 Å². The summed E-state index contributed by atoms with van der Waals surface area (Å²) in [5, 5.41) is 15.0. The second kappa shape index (κ2) is 12.6. The number of rotatable bonds is 9. The van der Waals surface area contributed by atoms with Crippen LogP contribution in [-0.4, -0.2) is 44.5 Å². The van der Waals surface area contributed by atoms with E-state index >= 15 is 0 Å². The molecule has 0 spiro atoms. The molecule has 1 atom stereocenters. The van der Waals surface area contributed by atoms with Crippen molar-refractivity contribution in [2.24, 2.45) is 18.9 Å². The molecule has 220 valence electrons. The average molecular weight is 569 g/mol. The Kier molecular flexibility index (Phi) is 8.75. The van der Waals surface area contributed by atoms with Crippen LogP contribution < -0.4 is 15.4 Å². The number of aryl methyl sites for hydroxylation is 2. The number of aromatic nitrogens is 4. The molecule has 1 aliphatic rings. The van der Waals surface area contributed by atoms with Gasteiger partial charge in [-0.05, 0) is 80.0 Å². The second-order valence-corrected chi connectivity index (χ2v) is 11.4. The van der Waals surface area contributed by atoms with E-state index in [1.165, 1.54) is 4.68 Å². The van der Waals surface area contributed by atoms with Gasteiger partial charge in [0.1, 0.15) is 17.5 Å². The van der Waals surface area contributed by atoms with Crippen LogP contribution in [0.25, 0.3) is 11.1 Å². The fourth-order valence-electron chi connectivity index (χ4n) is 5.94. The molecule has 2 amide bonds. The van der Waals surface area contributed by atoms with Gasteiger partial charge in [0.05, 0.1) is 19.3 Å². The molecule has 0 saturated heterocycles. The van der Waals surface area contributed by atoms with Crippen LogP contribution in [-0.2, 0) is 18.4 Å². The summed E-state index contributed by atoms with van der Waals surface area (Å²) in [5.74, 6) is 1.06. The molecule has 2 N–H and O–H groups in total. The topological polar surface area (TPSA) is 103 Å². The lowest BCUT2D eigenvalue weighted by molar-refractivity contribution is -0.119. The number of carbonyl (C=O) groups is 2. The number of hydrogen-bond donors (Lipinski definition) is 2. The molecular formula is C33H40N6O3. The van der Waals surface area contributed by atoms with Crippen LogP contribution in [0.5, 0.6) is 5.75 Å². The van der Waals surface area contributed by atoms with E-state index in [0.29, 0.717) is 23.8 Å². The Hall–Kier alpha value is -4.40. The first-order valence-corrected chi connectivity index (χ1v) is 14.6. The molecule has 2 aromatic carbocycles. The zero-order valence-electron chi connectivity index (χ0n) is 25.1. The van der Waals surface area contributed by atoms with Gasteiger partial charge in [0.15, 0.2) is 0 Å². The molecule has 0 unspecified atom stereocenters. The van der Waals surface area contributed by atoms with Gasteiger partial charge in [0, 0.05) is 30.2 Å². The zero-order chi connectivity index (χ0) is 29.8. The summed E-state index contributed by atoms with van der Waals surface area (Å²) in [4.78, 5) is 26.6. The lowest BCUT2D eigenvalue weighted by Gasteiger charge is -2.32. The highest BCUT2D eigenvalue weighted by atomic mass is 16.5. The fourth-order valence-corrected chi connectivity index (χ4v) is 5.94. The Bertz CT molecular complexity index is 1530. The van der Waals surface area contributed by atoms with E-state index < -0.39 is 6.04 Å². The molecule has 9 heteroatoms. The Balaban J connectivity index is 1.30. The number of nitrogens with one attached hydrogen (secondary N) is 2. The van der Waals surface area contributed by atoms with E-state index in [0.717, 1.165) is 59.5 Å². The Morgan fingerprint density at radius 2 is 1.69 bits per heavy atom. The minimum Gasteiger partial charge on any atom is -0.497 e. The largest absolute Gasteiger partial charge is 0.497 e. The van der Waals surface area contributed by atoms with Crippen molar-refractivity contribution in [3.05, 3.63) is 83.4 Å². The quantitative estimate of drug-likeness (QED) is 0.277. The number of carbonyl (C=O) groups excluding carboxylic acids is 2. The smallest absolute Gasteiger partial charge is 0.270 e. The van der Waals surface area contributed by atoms with Crippen LogP contribution in [0.4, 0.5) is 5.69 Å². The number of nitrogens with zero attached hydrogens (tertiary/aromatic N) is 4. The van der Waals surface area contributed by atoms with Crippen LogP contribution in [0.3, 0.4) is 0 Å². The van der Waals surface area contributed by atoms with Crippen molar-refractivity contribution in [3.8, 4) is 16.9 Å². The molecule has 1 saturated carbocycles. The molecule has 1 aliphatic carbocycles. The number of methoxy groups -OCH3 is 1. The second-order valence-electron chi connectivity index (χ2n) is 11.4. The van der Waals surface area contributed by atoms with Gasteiger partial charge in [0.25, 0.3) is 5.91 Å². The lowest BCUT2D eigenvalue weighted by atomic mass is 9.79. The molecule has 0 bridgehead atoms. The number of benzene rings is 2. The van der Waals surface area contributed by atoms with Crippen molar-refractivity contribution in [1.29, 1.82) is 0 Å². The fraction of sp³-hybridized carbons (Fsp3) is 0.394. The highest BCUT2D eigenvalue weighted by molar-refractivity contribution is 6.00. The minimum atomic E-state index is -0.625. The van der Waals surface area contributed by atoms with Crippen LogP contribution in [0.2, 0.25) is 0 Å². The molecular weight excluding hydrogens is 528 g/mol. The summed E-state index contributed by atoms with van der Waals surface area (Å²) >= 11 is 0. The Morgan fingerprint density at radius 3 is 2.31 bits per heavy atom. The summed E-state index contributed by atoms with van der Waals surface area (Å²) in [6.45, 7) is 7.00. The third kappa shape index (κ3) is 6.40. The van der Waals surface area contributed by atoms with Crippen LogP contribution in [0, 0.1) is 25.7 Å². The highest BCUT2D eigenvalue weighted by Crippen LogP contribution is 2.32. The molecule has 2 heterocycles. The lowest BCUT2D eigenvalue weighted by Crippen LogP contribution is -2.49. The van der Waals surface area contributed by atoms with Gasteiger partial charge in [0.2, 0.25) is 5.91 Å². The van der Waals surface area contributed by atoms with Crippen molar-refractivity contribution in [2.75, 3.05) is 12.4 Å². The van der Waals surface area contributed by atoms with Crippen molar-refractivity contribution in [3.63, 3.8) is 0 Å². The predicted molar refractivity (Wildman–Crippen MR) is 163 cm³/mol. The van der Waals surface area contributed by atoms with E-state index in [2.05, 4.69) is 29.6 Å².